The topological polar surface area (TPSA) is 127 Å². The van der Waals surface area contributed by atoms with Crippen LogP contribution in [-0.2, 0) is 34.6 Å². The molecule has 2 aromatic rings. The lowest BCUT2D eigenvalue weighted by molar-refractivity contribution is -0.146. The van der Waals surface area contributed by atoms with Crippen LogP contribution in [-0.4, -0.2) is 56.3 Å². The van der Waals surface area contributed by atoms with E-state index in [0.717, 1.165) is 21.1 Å². The summed E-state index contributed by atoms with van der Waals surface area (Å²) in [6, 6.07) is 9.22. The zero-order chi connectivity index (χ0) is 30.2. The second-order valence-corrected chi connectivity index (χ2v) is 12.3. The number of halogens is 2. The van der Waals surface area contributed by atoms with E-state index >= 15 is 4.39 Å². The van der Waals surface area contributed by atoms with Crippen molar-refractivity contribution < 1.29 is 32.5 Å². The van der Waals surface area contributed by atoms with Crippen molar-refractivity contribution in [3.63, 3.8) is 0 Å². The van der Waals surface area contributed by atoms with Crippen molar-refractivity contribution in [2.45, 2.75) is 87.8 Å². The smallest absolute Gasteiger partial charge is 0.450 e. The summed E-state index contributed by atoms with van der Waals surface area (Å²) in [5.41, 5.74) is -2.77. The molecule has 11 nitrogen and oxygen atoms in total. The van der Waals surface area contributed by atoms with Crippen molar-refractivity contribution in [3.05, 3.63) is 69.0 Å². The van der Waals surface area contributed by atoms with Gasteiger partial charge in [-0.25, -0.2) is 9.18 Å². The van der Waals surface area contributed by atoms with Crippen LogP contribution in [0.25, 0.3) is 0 Å². The molecule has 0 radical (unpaired) electrons. The number of carbonyl (C=O) groups is 1. The van der Waals surface area contributed by atoms with Gasteiger partial charge in [-0.15, -0.1) is 4.52 Å². The molecule has 226 valence electrons. The third-order valence-corrected chi connectivity index (χ3v) is 8.70. The SMILES string of the molecule is CCCCO[C@@H]1[C@@H](CO[P+](=O)N[C@@H](C)C(=O)OC(I)CC)O[C@@H](n2ccc(=O)n(Cc3ccccc3)c2=O)[C@]1(C)F. The molecule has 1 aliphatic rings. The predicted octanol–water partition coefficient (Wildman–Crippen LogP) is 4.24. The fourth-order valence-corrected chi connectivity index (χ4v) is 5.31. The Morgan fingerprint density at radius 2 is 1.95 bits per heavy atom. The summed E-state index contributed by atoms with van der Waals surface area (Å²) in [4.78, 5) is 38.1. The highest BCUT2D eigenvalue weighted by atomic mass is 127. The maximum absolute atomic E-state index is 16.4. The highest BCUT2D eigenvalue weighted by Crippen LogP contribution is 2.43. The minimum absolute atomic E-state index is 0.00135. The number of hydrogen-bond donors (Lipinski definition) is 1. The van der Waals surface area contributed by atoms with Crippen LogP contribution in [0.4, 0.5) is 4.39 Å². The van der Waals surface area contributed by atoms with Crippen LogP contribution in [0.5, 0.6) is 0 Å². The first-order chi connectivity index (χ1) is 19.5. The van der Waals surface area contributed by atoms with Crippen molar-refractivity contribution in [3.8, 4) is 0 Å². The van der Waals surface area contributed by atoms with Gasteiger partial charge in [0.2, 0.25) is 0 Å². The second-order valence-electron chi connectivity index (χ2n) is 9.90. The first-order valence-electron chi connectivity index (χ1n) is 13.5. The number of nitrogens with zero attached hydrogens (tertiary/aromatic N) is 2. The molecule has 41 heavy (non-hydrogen) atoms. The minimum Gasteiger partial charge on any atom is -0.450 e. The van der Waals surface area contributed by atoms with Gasteiger partial charge in [0.05, 0.1) is 6.54 Å². The third kappa shape index (κ3) is 8.74. The van der Waals surface area contributed by atoms with Crippen LogP contribution in [0.3, 0.4) is 0 Å². The Kier molecular flexibility index (Phi) is 12.6. The van der Waals surface area contributed by atoms with Crippen LogP contribution >= 0.6 is 30.8 Å². The van der Waals surface area contributed by atoms with E-state index in [1.54, 1.807) is 24.3 Å². The second kappa shape index (κ2) is 15.4. The third-order valence-electron chi connectivity index (χ3n) is 6.58. The average molecular weight is 708 g/mol. The molecule has 0 bridgehead atoms. The Bertz CT molecular complexity index is 1290. The fourth-order valence-electron chi connectivity index (χ4n) is 4.29. The molecular formula is C27H37FIN3O8P+. The Hall–Kier alpha value is -2.03. The molecule has 2 unspecified atom stereocenters. The summed E-state index contributed by atoms with van der Waals surface area (Å²) >= 11 is 1.98. The molecule has 7 atom stereocenters. The number of aromatic nitrogens is 2. The maximum Gasteiger partial charge on any atom is 0.613 e. The minimum atomic E-state index is -2.55. The van der Waals surface area contributed by atoms with Gasteiger partial charge in [0.25, 0.3) is 5.56 Å². The molecule has 1 aromatic heterocycles. The van der Waals surface area contributed by atoms with E-state index in [4.69, 9.17) is 18.7 Å². The van der Waals surface area contributed by atoms with Crippen molar-refractivity contribution >= 4 is 36.7 Å². The zero-order valence-electron chi connectivity index (χ0n) is 23.5. The van der Waals surface area contributed by atoms with Gasteiger partial charge in [-0.05, 0) is 59.4 Å². The molecule has 3 rings (SSSR count). The first-order valence-corrected chi connectivity index (χ1v) is 15.9. The fraction of sp³-hybridized carbons (Fsp3) is 0.593. The summed E-state index contributed by atoms with van der Waals surface area (Å²) in [5.74, 6) is -0.586. The van der Waals surface area contributed by atoms with Crippen molar-refractivity contribution in [1.82, 2.24) is 14.2 Å². The van der Waals surface area contributed by atoms with Crippen molar-refractivity contribution in [1.29, 1.82) is 0 Å². The van der Waals surface area contributed by atoms with E-state index in [2.05, 4.69) is 5.09 Å². The number of alkyl halides is 2. The molecule has 1 saturated heterocycles. The predicted molar refractivity (Wildman–Crippen MR) is 159 cm³/mol. The van der Waals surface area contributed by atoms with Crippen LogP contribution in [0, 0.1) is 0 Å². The lowest BCUT2D eigenvalue weighted by atomic mass is 9.98. The quantitative estimate of drug-likeness (QED) is 0.0951. The summed E-state index contributed by atoms with van der Waals surface area (Å²) in [6.45, 7) is 6.47. The molecule has 0 amide bonds. The van der Waals surface area contributed by atoms with Gasteiger partial charge in [-0.1, -0.05) is 55.7 Å². The number of carbonyl (C=O) groups excluding carboxylic acids is 1. The molecule has 1 fully saturated rings. The van der Waals surface area contributed by atoms with Gasteiger partial charge in [-0.3, -0.25) is 18.7 Å². The number of nitrogens with one attached hydrogen (secondary N) is 1. The van der Waals surface area contributed by atoms with E-state index in [0.29, 0.717) is 12.8 Å². The summed E-state index contributed by atoms with van der Waals surface area (Å²) in [5, 5.41) is 2.54. The van der Waals surface area contributed by atoms with Gasteiger partial charge in [0, 0.05) is 18.9 Å². The molecule has 1 aromatic carbocycles. The van der Waals surface area contributed by atoms with Gasteiger partial charge >= 0.3 is 19.8 Å². The molecule has 0 spiro atoms. The van der Waals surface area contributed by atoms with E-state index < -0.39 is 55.5 Å². The standard InChI is InChI=1S/C27H37FIN3O8P/c1-5-7-15-37-23-20(17-38-41(36)30-18(3)24(34)40-21(29)6-2)39-25(27(23,4)28)31-14-13-22(33)32(26(31)35)16-19-11-9-8-10-12-19/h8-14,18,20-21,23,25H,5-7,15-17H2,1-4H3,(H,30,36)/q+1/t18-,20+,21?,23+,25+,27+/m0/s1. The highest BCUT2D eigenvalue weighted by Gasteiger charge is 2.57. The molecular weight excluding hydrogens is 671 g/mol. The lowest BCUT2D eigenvalue weighted by Crippen LogP contribution is -2.47. The number of rotatable bonds is 15. The van der Waals surface area contributed by atoms with Gasteiger partial charge in [0.1, 0.15) is 24.9 Å². The number of esters is 1. The lowest BCUT2D eigenvalue weighted by Gasteiger charge is -2.28. The monoisotopic (exact) mass is 708 g/mol. The molecule has 1 N–H and O–H groups in total. The van der Waals surface area contributed by atoms with E-state index in [1.807, 2.05) is 42.5 Å². The number of ether oxygens (including phenoxy) is 3. The zero-order valence-corrected chi connectivity index (χ0v) is 26.6. The number of unbranched alkanes of at least 4 members (excludes halogenated alkanes) is 1. The Balaban J connectivity index is 1.79. The average Bonchev–Trinajstić information content (AvgIpc) is 3.19. The Labute approximate surface area is 252 Å². The van der Waals surface area contributed by atoms with E-state index in [-0.39, 0.29) is 23.9 Å². The summed E-state index contributed by atoms with van der Waals surface area (Å²) in [6.07, 6.45) is -0.371. The Morgan fingerprint density at radius 3 is 2.61 bits per heavy atom. The molecule has 0 saturated carbocycles. The number of benzene rings is 1. The highest BCUT2D eigenvalue weighted by molar-refractivity contribution is 14.1. The molecule has 0 aliphatic carbocycles. The Morgan fingerprint density at radius 1 is 1.24 bits per heavy atom. The van der Waals surface area contributed by atoms with E-state index in [9.17, 15) is 18.9 Å². The first kappa shape index (κ1) is 33.5. The normalized spacial score (nSPS) is 24.1. The number of hydrogen-bond acceptors (Lipinski definition) is 8. The van der Waals surface area contributed by atoms with Crippen LogP contribution < -0.4 is 16.3 Å². The van der Waals surface area contributed by atoms with Crippen LogP contribution in [0.1, 0.15) is 58.7 Å². The van der Waals surface area contributed by atoms with Crippen molar-refractivity contribution in [2.75, 3.05) is 13.2 Å². The molecule has 14 heteroatoms. The molecule has 2 heterocycles. The summed E-state index contributed by atoms with van der Waals surface area (Å²) < 4.78 is 53.2. The van der Waals surface area contributed by atoms with Gasteiger partial charge < -0.3 is 14.2 Å². The van der Waals surface area contributed by atoms with Gasteiger partial charge in [0.15, 0.2) is 16.0 Å². The maximum atomic E-state index is 16.4. The largest absolute Gasteiger partial charge is 0.613 e. The van der Waals surface area contributed by atoms with Crippen LogP contribution in [0.15, 0.2) is 52.2 Å². The van der Waals surface area contributed by atoms with Gasteiger partial charge in [-0.2, -0.15) is 0 Å². The summed E-state index contributed by atoms with van der Waals surface area (Å²) in [7, 11) is -2.55. The van der Waals surface area contributed by atoms with Crippen LogP contribution in [0.2, 0.25) is 0 Å². The van der Waals surface area contributed by atoms with Crippen molar-refractivity contribution in [2.24, 2.45) is 0 Å². The van der Waals surface area contributed by atoms with E-state index in [1.165, 1.54) is 26.1 Å². The molecule has 1 aliphatic heterocycles.